The summed E-state index contributed by atoms with van der Waals surface area (Å²) in [7, 11) is -0.387. The number of amides is 1. The first-order chi connectivity index (χ1) is 13.3. The van der Waals surface area contributed by atoms with Crippen molar-refractivity contribution in [3.63, 3.8) is 0 Å². The molecule has 8 heteroatoms. The van der Waals surface area contributed by atoms with Gasteiger partial charge in [-0.15, -0.1) is 6.58 Å². The van der Waals surface area contributed by atoms with E-state index in [4.69, 9.17) is 0 Å². The van der Waals surface area contributed by atoms with Crippen molar-refractivity contribution in [1.29, 1.82) is 5.26 Å². The monoisotopic (exact) mass is 404 g/mol. The van der Waals surface area contributed by atoms with Gasteiger partial charge in [0.2, 0.25) is 15.9 Å². The molecule has 28 heavy (non-hydrogen) atoms. The Morgan fingerprint density at radius 2 is 1.86 bits per heavy atom. The quantitative estimate of drug-likeness (QED) is 0.672. The molecule has 1 aromatic rings. The van der Waals surface area contributed by atoms with Gasteiger partial charge in [0.1, 0.15) is 5.54 Å². The Morgan fingerprint density at radius 1 is 1.25 bits per heavy atom. The summed E-state index contributed by atoms with van der Waals surface area (Å²) in [5.74, 6) is -0.161. The molecule has 1 saturated carbocycles. The van der Waals surface area contributed by atoms with Crippen molar-refractivity contribution in [3.05, 3.63) is 36.9 Å². The summed E-state index contributed by atoms with van der Waals surface area (Å²) in [5.41, 5.74) is -0.0771. The van der Waals surface area contributed by atoms with E-state index in [1.807, 2.05) is 0 Å². The van der Waals surface area contributed by atoms with Gasteiger partial charge >= 0.3 is 0 Å². The lowest BCUT2D eigenvalue weighted by molar-refractivity contribution is -0.132. The lowest BCUT2D eigenvalue weighted by Crippen LogP contribution is -2.51. The lowest BCUT2D eigenvalue weighted by atomic mass is 9.81. The number of nitrogens with zero attached hydrogens (tertiary/aromatic N) is 3. The molecule has 0 unspecified atom stereocenters. The van der Waals surface area contributed by atoms with Crippen LogP contribution in [-0.4, -0.2) is 56.3 Å². The largest absolute Gasteiger partial charge is 0.376 e. The van der Waals surface area contributed by atoms with Gasteiger partial charge in [-0.2, -0.15) is 9.57 Å². The highest BCUT2D eigenvalue weighted by Gasteiger charge is 2.38. The Balaban J connectivity index is 2.00. The van der Waals surface area contributed by atoms with E-state index in [-0.39, 0.29) is 23.9 Å². The molecule has 0 atom stereocenters. The molecular formula is C20H28N4O3S. The van der Waals surface area contributed by atoms with Crippen molar-refractivity contribution in [3.8, 4) is 6.07 Å². The number of sulfonamides is 1. The van der Waals surface area contributed by atoms with Gasteiger partial charge in [-0.25, -0.2) is 8.42 Å². The van der Waals surface area contributed by atoms with Crippen LogP contribution in [0, 0.1) is 11.3 Å². The van der Waals surface area contributed by atoms with E-state index in [0.29, 0.717) is 18.5 Å². The van der Waals surface area contributed by atoms with Crippen molar-refractivity contribution in [2.45, 2.75) is 42.5 Å². The Kier molecular flexibility index (Phi) is 7.22. The van der Waals surface area contributed by atoms with Gasteiger partial charge in [0.15, 0.2) is 0 Å². The van der Waals surface area contributed by atoms with Crippen molar-refractivity contribution < 1.29 is 13.2 Å². The average molecular weight is 405 g/mol. The standard InChI is InChI=1S/C20H28N4O3S/c1-4-14-23(2)28(26,27)18-10-8-17(9-11-18)22-15-19(25)24(3)20(16-21)12-6-5-7-13-20/h4,8-11,22H,1,5-7,12-15H2,2-3H3. The second kappa shape index (κ2) is 9.22. The molecule has 7 nitrogen and oxygen atoms in total. The van der Waals surface area contributed by atoms with Gasteiger partial charge in [-0.1, -0.05) is 25.3 Å². The Bertz CT molecular complexity index is 837. The SMILES string of the molecule is C=CCN(C)S(=O)(=O)c1ccc(NCC(=O)N(C)C2(C#N)CCCCC2)cc1. The minimum Gasteiger partial charge on any atom is -0.376 e. The fourth-order valence-corrected chi connectivity index (χ4v) is 4.54. The van der Waals surface area contributed by atoms with Crippen molar-refractivity contribution in [2.75, 3.05) is 32.5 Å². The van der Waals surface area contributed by atoms with E-state index >= 15 is 0 Å². The Labute approximate surface area is 167 Å². The number of rotatable bonds is 8. The molecule has 1 fully saturated rings. The predicted molar refractivity (Wildman–Crippen MR) is 109 cm³/mol. The smallest absolute Gasteiger partial charge is 0.243 e. The summed E-state index contributed by atoms with van der Waals surface area (Å²) in [4.78, 5) is 14.3. The highest BCUT2D eigenvalue weighted by molar-refractivity contribution is 7.89. The molecule has 1 aliphatic rings. The van der Waals surface area contributed by atoms with Crippen molar-refractivity contribution in [2.24, 2.45) is 0 Å². The van der Waals surface area contributed by atoms with E-state index in [1.165, 1.54) is 29.6 Å². The molecule has 2 rings (SSSR count). The minimum absolute atomic E-state index is 0.0440. The molecule has 1 aromatic carbocycles. The number of nitriles is 1. The van der Waals surface area contributed by atoms with E-state index in [0.717, 1.165) is 19.3 Å². The van der Waals surface area contributed by atoms with Crippen LogP contribution in [0.3, 0.4) is 0 Å². The summed E-state index contributed by atoms with van der Waals surface area (Å²) >= 11 is 0. The molecule has 0 bridgehead atoms. The van der Waals surface area contributed by atoms with Gasteiger partial charge in [-0.05, 0) is 37.1 Å². The molecule has 152 valence electrons. The molecular weight excluding hydrogens is 376 g/mol. The minimum atomic E-state index is -3.57. The van der Waals surface area contributed by atoms with Crippen molar-refractivity contribution >= 4 is 21.6 Å². The fraction of sp³-hybridized carbons (Fsp3) is 0.500. The number of carbonyl (C=O) groups is 1. The second-order valence-corrected chi connectivity index (χ2v) is 9.15. The number of likely N-dealkylation sites (N-methyl/N-ethyl adjacent to an activating group) is 2. The number of anilines is 1. The van der Waals surface area contributed by atoms with Gasteiger partial charge in [-0.3, -0.25) is 4.79 Å². The van der Waals surface area contributed by atoms with Crippen LogP contribution in [-0.2, 0) is 14.8 Å². The summed E-state index contributed by atoms with van der Waals surface area (Å²) in [5, 5.41) is 12.6. The molecule has 0 saturated heterocycles. The average Bonchev–Trinajstić information content (AvgIpc) is 2.72. The summed E-state index contributed by atoms with van der Waals surface area (Å²) in [6.07, 6.45) is 5.94. The van der Waals surface area contributed by atoms with Crippen LogP contribution in [0.2, 0.25) is 0 Å². The molecule has 1 N–H and O–H groups in total. The van der Waals surface area contributed by atoms with Gasteiger partial charge < -0.3 is 10.2 Å². The van der Waals surface area contributed by atoms with Gasteiger partial charge in [0, 0.05) is 26.3 Å². The second-order valence-electron chi connectivity index (χ2n) is 7.11. The van der Waals surface area contributed by atoms with Crippen LogP contribution >= 0.6 is 0 Å². The zero-order valence-electron chi connectivity index (χ0n) is 16.5. The van der Waals surface area contributed by atoms with Crippen LogP contribution in [0.25, 0.3) is 0 Å². The first kappa shape index (κ1) is 21.9. The van der Waals surface area contributed by atoms with Gasteiger partial charge in [0.25, 0.3) is 0 Å². The summed E-state index contributed by atoms with van der Waals surface area (Å²) in [6, 6.07) is 8.60. The normalized spacial score (nSPS) is 16.2. The van der Waals surface area contributed by atoms with Crippen molar-refractivity contribution in [1.82, 2.24) is 9.21 Å². The van der Waals surface area contributed by atoms with Gasteiger partial charge in [0.05, 0.1) is 17.5 Å². The highest BCUT2D eigenvalue weighted by Crippen LogP contribution is 2.32. The third kappa shape index (κ3) is 4.72. The number of carbonyl (C=O) groups excluding carboxylic acids is 1. The van der Waals surface area contributed by atoms with E-state index in [2.05, 4.69) is 18.0 Å². The Hall–Kier alpha value is -2.37. The highest BCUT2D eigenvalue weighted by atomic mass is 32.2. The number of nitrogens with one attached hydrogen (secondary N) is 1. The molecule has 0 aromatic heterocycles. The van der Waals surface area contributed by atoms with E-state index in [9.17, 15) is 18.5 Å². The van der Waals surface area contributed by atoms with Crippen LogP contribution < -0.4 is 5.32 Å². The van der Waals surface area contributed by atoms with Crippen LogP contribution in [0.1, 0.15) is 32.1 Å². The predicted octanol–water partition coefficient (Wildman–Crippen LogP) is 2.59. The van der Waals surface area contributed by atoms with Crippen LogP contribution in [0.15, 0.2) is 41.8 Å². The third-order valence-electron chi connectivity index (χ3n) is 5.30. The first-order valence-corrected chi connectivity index (χ1v) is 10.8. The summed E-state index contributed by atoms with van der Waals surface area (Å²) < 4.78 is 26.0. The van der Waals surface area contributed by atoms with E-state index < -0.39 is 15.6 Å². The maximum Gasteiger partial charge on any atom is 0.243 e. The molecule has 1 aliphatic carbocycles. The topological polar surface area (TPSA) is 93.5 Å². The fourth-order valence-electron chi connectivity index (χ4n) is 3.40. The first-order valence-electron chi connectivity index (χ1n) is 9.36. The zero-order valence-corrected chi connectivity index (χ0v) is 17.3. The third-order valence-corrected chi connectivity index (χ3v) is 7.14. The Morgan fingerprint density at radius 3 is 2.39 bits per heavy atom. The van der Waals surface area contributed by atoms with Crippen LogP contribution in [0.4, 0.5) is 5.69 Å². The molecule has 0 heterocycles. The van der Waals surface area contributed by atoms with Crippen LogP contribution in [0.5, 0.6) is 0 Å². The zero-order chi connectivity index (χ0) is 20.8. The van der Waals surface area contributed by atoms with E-state index in [1.54, 1.807) is 24.1 Å². The molecule has 0 aliphatic heterocycles. The number of hydrogen-bond donors (Lipinski definition) is 1. The molecule has 1 amide bonds. The maximum atomic E-state index is 12.6. The molecule has 0 radical (unpaired) electrons. The number of hydrogen-bond acceptors (Lipinski definition) is 5. The molecule has 0 spiro atoms. The maximum absolute atomic E-state index is 12.6. The lowest BCUT2D eigenvalue weighted by Gasteiger charge is -2.39. The number of benzene rings is 1. The summed E-state index contributed by atoms with van der Waals surface area (Å²) in [6.45, 7) is 3.82.